The zero-order valence-corrected chi connectivity index (χ0v) is 18.1. The molecule has 1 saturated heterocycles. The highest BCUT2D eigenvalue weighted by Gasteiger charge is 2.21. The van der Waals surface area contributed by atoms with Crippen LogP contribution in [0.25, 0.3) is 10.9 Å². The summed E-state index contributed by atoms with van der Waals surface area (Å²) in [5, 5.41) is 14.5. The number of nitro groups is 1. The molecule has 4 rings (SSSR count). The molecule has 0 radical (unpaired) electrons. The molecule has 1 N–H and O–H groups in total. The van der Waals surface area contributed by atoms with Crippen LogP contribution in [0.1, 0.15) is 22.3 Å². The van der Waals surface area contributed by atoms with E-state index in [4.69, 9.17) is 0 Å². The van der Waals surface area contributed by atoms with Crippen molar-refractivity contribution in [1.82, 2.24) is 20.1 Å². The number of piperazine rings is 1. The maximum absolute atomic E-state index is 12.5. The fourth-order valence-electron chi connectivity index (χ4n) is 3.97. The van der Waals surface area contributed by atoms with Gasteiger partial charge in [-0.05, 0) is 23.8 Å². The number of carbonyl (C=O) groups excluding carboxylic acids is 2. The predicted octanol–water partition coefficient (Wildman–Crippen LogP) is 2.61. The predicted molar refractivity (Wildman–Crippen MR) is 124 cm³/mol. The van der Waals surface area contributed by atoms with Gasteiger partial charge in [-0.15, -0.1) is 0 Å². The van der Waals surface area contributed by atoms with Crippen molar-refractivity contribution in [2.75, 3.05) is 32.7 Å². The van der Waals surface area contributed by atoms with Gasteiger partial charge in [-0.25, -0.2) is 0 Å². The van der Waals surface area contributed by atoms with Crippen LogP contribution in [0.4, 0.5) is 5.69 Å². The van der Waals surface area contributed by atoms with Crippen LogP contribution in [0.3, 0.4) is 0 Å². The lowest BCUT2D eigenvalue weighted by Crippen LogP contribution is -2.48. The van der Waals surface area contributed by atoms with Gasteiger partial charge in [-0.2, -0.15) is 0 Å². The number of nitro benzene ring substituents is 1. The third-order valence-electron chi connectivity index (χ3n) is 5.80. The summed E-state index contributed by atoms with van der Waals surface area (Å²) in [4.78, 5) is 43.6. The lowest BCUT2D eigenvalue weighted by molar-refractivity contribution is -0.384. The van der Waals surface area contributed by atoms with E-state index >= 15 is 0 Å². The summed E-state index contributed by atoms with van der Waals surface area (Å²) in [7, 11) is 0. The van der Waals surface area contributed by atoms with Gasteiger partial charge in [0.05, 0.1) is 10.4 Å². The van der Waals surface area contributed by atoms with Crippen LogP contribution in [0.5, 0.6) is 0 Å². The van der Waals surface area contributed by atoms with Crippen molar-refractivity contribution < 1.29 is 14.5 Å². The number of rotatable bonds is 7. The molecule has 0 bridgehead atoms. The van der Waals surface area contributed by atoms with Crippen molar-refractivity contribution in [1.29, 1.82) is 0 Å². The van der Waals surface area contributed by atoms with Gasteiger partial charge in [0, 0.05) is 75.0 Å². The van der Waals surface area contributed by atoms with E-state index in [0.29, 0.717) is 18.7 Å². The Morgan fingerprint density at radius 3 is 2.45 bits per heavy atom. The normalized spacial score (nSPS) is 14.2. The Hall–Kier alpha value is -3.85. The minimum absolute atomic E-state index is 0.00507. The zero-order chi connectivity index (χ0) is 23.2. The summed E-state index contributed by atoms with van der Waals surface area (Å²) < 4.78 is 0. The number of hydrogen-bond donors (Lipinski definition) is 1. The average molecular weight is 447 g/mol. The molecule has 1 aliphatic heterocycles. The fourth-order valence-corrected chi connectivity index (χ4v) is 3.97. The first kappa shape index (κ1) is 22.3. The third kappa shape index (κ3) is 5.50. The molecule has 0 aliphatic carbocycles. The van der Waals surface area contributed by atoms with E-state index in [1.165, 1.54) is 29.8 Å². The minimum Gasteiger partial charge on any atom is -0.352 e. The molecule has 0 atom stereocenters. The Labute approximate surface area is 191 Å². The quantitative estimate of drug-likeness (QED) is 0.441. The molecule has 9 heteroatoms. The first-order valence-electron chi connectivity index (χ1n) is 10.9. The Morgan fingerprint density at radius 1 is 1.00 bits per heavy atom. The topological polar surface area (TPSA) is 109 Å². The van der Waals surface area contributed by atoms with Gasteiger partial charge in [0.2, 0.25) is 5.91 Å². The number of amides is 2. The van der Waals surface area contributed by atoms with Gasteiger partial charge >= 0.3 is 0 Å². The molecule has 3 aromatic rings. The van der Waals surface area contributed by atoms with Crippen molar-refractivity contribution in [3.8, 4) is 0 Å². The van der Waals surface area contributed by atoms with Crippen LogP contribution < -0.4 is 5.32 Å². The molecule has 9 nitrogen and oxygen atoms in total. The van der Waals surface area contributed by atoms with Crippen LogP contribution in [0.2, 0.25) is 0 Å². The maximum atomic E-state index is 12.5. The Bertz CT molecular complexity index is 1150. The monoisotopic (exact) mass is 447 g/mol. The highest BCUT2D eigenvalue weighted by atomic mass is 16.6. The van der Waals surface area contributed by atoms with Gasteiger partial charge in [0.25, 0.3) is 11.6 Å². The van der Waals surface area contributed by atoms with Crippen LogP contribution in [0.15, 0.2) is 60.8 Å². The SMILES string of the molecule is O=C(NCCC(=O)N1CCN(Cc2cccc3cccnc23)CC1)c1ccc([N+](=O)[O-])cc1. The van der Waals surface area contributed by atoms with E-state index in [1.54, 1.807) is 0 Å². The second-order valence-electron chi connectivity index (χ2n) is 7.96. The number of fused-ring (bicyclic) bond motifs is 1. The Morgan fingerprint density at radius 2 is 1.73 bits per heavy atom. The lowest BCUT2D eigenvalue weighted by Gasteiger charge is -2.35. The first-order valence-corrected chi connectivity index (χ1v) is 10.9. The van der Waals surface area contributed by atoms with Gasteiger partial charge in [0.1, 0.15) is 0 Å². The number of pyridine rings is 1. The van der Waals surface area contributed by atoms with E-state index in [2.05, 4.69) is 33.4 Å². The summed E-state index contributed by atoms with van der Waals surface area (Å²) >= 11 is 0. The highest BCUT2D eigenvalue weighted by Crippen LogP contribution is 2.18. The number of hydrogen-bond acceptors (Lipinski definition) is 6. The summed E-state index contributed by atoms with van der Waals surface area (Å²) in [5.41, 5.74) is 2.45. The Kier molecular flexibility index (Phi) is 6.89. The van der Waals surface area contributed by atoms with E-state index in [9.17, 15) is 19.7 Å². The largest absolute Gasteiger partial charge is 0.352 e. The highest BCUT2D eigenvalue weighted by molar-refractivity contribution is 5.94. The van der Waals surface area contributed by atoms with Gasteiger partial charge in [0.15, 0.2) is 0 Å². The summed E-state index contributed by atoms with van der Waals surface area (Å²) in [6, 6.07) is 15.6. The van der Waals surface area contributed by atoms with Crippen molar-refractivity contribution in [2.24, 2.45) is 0 Å². The summed E-state index contributed by atoms with van der Waals surface area (Å²) in [5.74, 6) is -0.350. The number of nitrogens with zero attached hydrogens (tertiary/aromatic N) is 4. The number of carbonyl (C=O) groups is 2. The van der Waals surface area contributed by atoms with Gasteiger partial charge in [-0.3, -0.25) is 29.6 Å². The van der Waals surface area contributed by atoms with Crippen LogP contribution in [-0.4, -0.2) is 64.2 Å². The third-order valence-corrected chi connectivity index (χ3v) is 5.80. The molecule has 1 aromatic heterocycles. The maximum Gasteiger partial charge on any atom is 0.269 e. The smallest absolute Gasteiger partial charge is 0.269 e. The van der Waals surface area contributed by atoms with E-state index in [0.717, 1.165) is 30.5 Å². The van der Waals surface area contributed by atoms with E-state index in [1.807, 2.05) is 23.2 Å². The van der Waals surface area contributed by atoms with Crippen LogP contribution in [-0.2, 0) is 11.3 Å². The van der Waals surface area contributed by atoms with Crippen LogP contribution >= 0.6 is 0 Å². The molecule has 0 unspecified atom stereocenters. The van der Waals surface area contributed by atoms with Crippen LogP contribution in [0, 0.1) is 10.1 Å². The van der Waals surface area contributed by atoms with Crippen molar-refractivity contribution in [2.45, 2.75) is 13.0 Å². The molecule has 2 amide bonds. The van der Waals surface area contributed by atoms with E-state index in [-0.39, 0.29) is 30.5 Å². The molecule has 2 aromatic carbocycles. The lowest BCUT2D eigenvalue weighted by atomic mass is 10.1. The van der Waals surface area contributed by atoms with Crippen molar-refractivity contribution in [3.63, 3.8) is 0 Å². The average Bonchev–Trinajstić information content (AvgIpc) is 2.84. The molecule has 2 heterocycles. The minimum atomic E-state index is -0.515. The molecule has 0 spiro atoms. The van der Waals surface area contributed by atoms with Gasteiger partial charge < -0.3 is 10.2 Å². The molecule has 1 aliphatic rings. The number of non-ortho nitro benzene ring substituents is 1. The number of para-hydroxylation sites is 1. The number of nitrogens with one attached hydrogen (secondary N) is 1. The standard InChI is InChI=1S/C24H25N5O4/c30-22(10-12-26-24(31)19-6-8-21(9-7-19)29(32)33)28-15-13-27(14-16-28)17-20-4-1-3-18-5-2-11-25-23(18)20/h1-9,11H,10,12-17H2,(H,26,31). The number of benzene rings is 2. The second kappa shape index (κ2) is 10.2. The Balaban J connectivity index is 1.21. The van der Waals surface area contributed by atoms with Gasteiger partial charge in [-0.1, -0.05) is 24.3 Å². The molecular weight excluding hydrogens is 422 g/mol. The second-order valence-corrected chi connectivity index (χ2v) is 7.96. The van der Waals surface area contributed by atoms with E-state index < -0.39 is 4.92 Å². The first-order chi connectivity index (χ1) is 16.0. The molecule has 170 valence electrons. The fraction of sp³-hybridized carbons (Fsp3) is 0.292. The summed E-state index contributed by atoms with van der Waals surface area (Å²) in [6.45, 7) is 3.87. The molecule has 33 heavy (non-hydrogen) atoms. The summed E-state index contributed by atoms with van der Waals surface area (Å²) in [6.07, 6.45) is 2.02. The zero-order valence-electron chi connectivity index (χ0n) is 18.1. The van der Waals surface area contributed by atoms with Crippen molar-refractivity contribution >= 4 is 28.4 Å². The number of aromatic nitrogens is 1. The molecule has 0 saturated carbocycles. The molecular formula is C24H25N5O4. The van der Waals surface area contributed by atoms with Crippen molar-refractivity contribution in [3.05, 3.63) is 82.0 Å². The molecule has 1 fully saturated rings.